The molecule has 1 aliphatic carbocycles. The second-order valence-electron chi connectivity index (χ2n) is 7.14. The number of hydrogen-bond acceptors (Lipinski definition) is 2. The van der Waals surface area contributed by atoms with Gasteiger partial charge in [-0.05, 0) is 44.4 Å². The van der Waals surface area contributed by atoms with E-state index in [1.54, 1.807) is 0 Å². The standard InChI is InChI=1S/C15H28O2/c1-11-10-12(2)17-15(16-11)8-6-13(7-9-15)14(3,4)5/h11-13H,6-10H2,1-5H3. The second kappa shape index (κ2) is 4.55. The molecule has 0 aromatic rings. The number of hydrogen-bond donors (Lipinski definition) is 0. The van der Waals surface area contributed by atoms with Crippen LogP contribution in [0, 0.1) is 11.3 Å². The van der Waals surface area contributed by atoms with Gasteiger partial charge in [0.05, 0.1) is 12.2 Å². The van der Waals surface area contributed by atoms with Crippen LogP contribution in [-0.2, 0) is 9.47 Å². The quantitative estimate of drug-likeness (QED) is 0.633. The first-order valence-corrected chi connectivity index (χ1v) is 7.16. The van der Waals surface area contributed by atoms with Gasteiger partial charge in [0.25, 0.3) is 0 Å². The van der Waals surface area contributed by atoms with Crippen molar-refractivity contribution >= 4 is 0 Å². The molecule has 2 unspecified atom stereocenters. The Morgan fingerprint density at radius 2 is 1.41 bits per heavy atom. The smallest absolute Gasteiger partial charge is 0.169 e. The molecular formula is C15H28O2. The zero-order chi connectivity index (χ0) is 12.7. The molecule has 0 N–H and O–H groups in total. The summed E-state index contributed by atoms with van der Waals surface area (Å²) in [5.74, 6) is 0.562. The fourth-order valence-electron chi connectivity index (χ4n) is 3.48. The Kier molecular flexibility index (Phi) is 3.57. The molecule has 1 saturated heterocycles. The molecule has 2 nitrogen and oxygen atoms in total. The molecule has 2 heteroatoms. The van der Waals surface area contributed by atoms with E-state index in [1.807, 2.05) is 0 Å². The highest BCUT2D eigenvalue weighted by Crippen LogP contribution is 2.45. The molecule has 2 atom stereocenters. The molecule has 1 aliphatic heterocycles. The Balaban J connectivity index is 1.97. The highest BCUT2D eigenvalue weighted by atomic mass is 16.7. The Bertz CT molecular complexity index is 247. The van der Waals surface area contributed by atoms with Crippen LogP contribution >= 0.6 is 0 Å². The van der Waals surface area contributed by atoms with Crippen LogP contribution in [0.25, 0.3) is 0 Å². The fraction of sp³-hybridized carbons (Fsp3) is 1.00. The molecule has 1 saturated carbocycles. The van der Waals surface area contributed by atoms with Crippen LogP contribution in [0.3, 0.4) is 0 Å². The Morgan fingerprint density at radius 3 is 1.82 bits per heavy atom. The predicted octanol–water partition coefficient (Wildman–Crippen LogP) is 4.13. The van der Waals surface area contributed by atoms with Crippen molar-refractivity contribution in [3.05, 3.63) is 0 Å². The lowest BCUT2D eigenvalue weighted by Crippen LogP contribution is -2.50. The average Bonchev–Trinajstić information content (AvgIpc) is 2.14. The van der Waals surface area contributed by atoms with Crippen molar-refractivity contribution in [2.45, 2.75) is 84.7 Å². The van der Waals surface area contributed by atoms with Crippen molar-refractivity contribution in [2.75, 3.05) is 0 Å². The van der Waals surface area contributed by atoms with Crippen LogP contribution in [0.2, 0.25) is 0 Å². The lowest BCUT2D eigenvalue weighted by molar-refractivity contribution is -0.326. The van der Waals surface area contributed by atoms with E-state index >= 15 is 0 Å². The predicted molar refractivity (Wildman–Crippen MR) is 69.9 cm³/mol. The van der Waals surface area contributed by atoms with E-state index in [1.165, 1.54) is 12.8 Å². The molecular weight excluding hydrogens is 212 g/mol. The zero-order valence-corrected chi connectivity index (χ0v) is 12.1. The molecule has 0 radical (unpaired) electrons. The van der Waals surface area contributed by atoms with Gasteiger partial charge in [0.2, 0.25) is 0 Å². The van der Waals surface area contributed by atoms with Crippen molar-refractivity contribution in [3.8, 4) is 0 Å². The Morgan fingerprint density at radius 1 is 0.941 bits per heavy atom. The van der Waals surface area contributed by atoms with Gasteiger partial charge >= 0.3 is 0 Å². The van der Waals surface area contributed by atoms with Crippen molar-refractivity contribution < 1.29 is 9.47 Å². The topological polar surface area (TPSA) is 18.5 Å². The molecule has 0 amide bonds. The van der Waals surface area contributed by atoms with Gasteiger partial charge in [-0.2, -0.15) is 0 Å². The van der Waals surface area contributed by atoms with E-state index in [0.717, 1.165) is 25.2 Å². The van der Waals surface area contributed by atoms with Gasteiger partial charge in [-0.15, -0.1) is 0 Å². The summed E-state index contributed by atoms with van der Waals surface area (Å²) in [7, 11) is 0. The summed E-state index contributed by atoms with van der Waals surface area (Å²) in [5.41, 5.74) is 0.424. The summed E-state index contributed by atoms with van der Waals surface area (Å²) in [6, 6.07) is 0. The van der Waals surface area contributed by atoms with Crippen molar-refractivity contribution in [1.29, 1.82) is 0 Å². The summed E-state index contributed by atoms with van der Waals surface area (Å²) < 4.78 is 12.2. The third kappa shape index (κ3) is 3.03. The second-order valence-corrected chi connectivity index (χ2v) is 7.14. The maximum Gasteiger partial charge on any atom is 0.169 e. The molecule has 0 aromatic heterocycles. The zero-order valence-electron chi connectivity index (χ0n) is 12.1. The third-order valence-corrected chi connectivity index (χ3v) is 4.47. The largest absolute Gasteiger partial charge is 0.347 e. The van der Waals surface area contributed by atoms with Gasteiger partial charge in [-0.3, -0.25) is 0 Å². The Hall–Kier alpha value is -0.0800. The van der Waals surface area contributed by atoms with Crippen LogP contribution in [-0.4, -0.2) is 18.0 Å². The number of rotatable bonds is 0. The van der Waals surface area contributed by atoms with Crippen LogP contribution in [0.4, 0.5) is 0 Å². The maximum atomic E-state index is 6.12. The lowest BCUT2D eigenvalue weighted by atomic mass is 9.70. The molecule has 0 aromatic carbocycles. The van der Waals surface area contributed by atoms with Gasteiger partial charge in [-0.25, -0.2) is 0 Å². The highest BCUT2D eigenvalue weighted by Gasteiger charge is 2.44. The van der Waals surface area contributed by atoms with Crippen molar-refractivity contribution in [3.63, 3.8) is 0 Å². The molecule has 1 spiro atoms. The first-order chi connectivity index (χ1) is 7.81. The summed E-state index contributed by atoms with van der Waals surface area (Å²) in [6.45, 7) is 11.4. The normalized spacial score (nSPS) is 43.9. The summed E-state index contributed by atoms with van der Waals surface area (Å²) in [5, 5.41) is 0. The summed E-state index contributed by atoms with van der Waals surface area (Å²) in [4.78, 5) is 0. The minimum absolute atomic E-state index is 0.251. The minimum atomic E-state index is -0.251. The van der Waals surface area contributed by atoms with Gasteiger partial charge in [-0.1, -0.05) is 20.8 Å². The van der Waals surface area contributed by atoms with Crippen LogP contribution in [0.1, 0.15) is 66.7 Å². The average molecular weight is 240 g/mol. The molecule has 2 rings (SSSR count). The molecule has 2 aliphatic rings. The van der Waals surface area contributed by atoms with E-state index in [0.29, 0.717) is 17.6 Å². The lowest BCUT2D eigenvalue weighted by Gasteiger charge is -2.48. The molecule has 1 heterocycles. The molecule has 17 heavy (non-hydrogen) atoms. The van der Waals surface area contributed by atoms with E-state index < -0.39 is 0 Å². The van der Waals surface area contributed by atoms with Gasteiger partial charge in [0.1, 0.15) is 0 Å². The van der Waals surface area contributed by atoms with E-state index in [-0.39, 0.29) is 5.79 Å². The van der Waals surface area contributed by atoms with Crippen molar-refractivity contribution in [2.24, 2.45) is 11.3 Å². The van der Waals surface area contributed by atoms with Crippen molar-refractivity contribution in [1.82, 2.24) is 0 Å². The van der Waals surface area contributed by atoms with Gasteiger partial charge in [0.15, 0.2) is 5.79 Å². The summed E-state index contributed by atoms with van der Waals surface area (Å²) in [6.07, 6.45) is 6.36. The SMILES string of the molecule is CC1CC(C)OC2(CCC(C(C)(C)C)CC2)O1. The molecule has 2 fully saturated rings. The molecule has 100 valence electrons. The first-order valence-electron chi connectivity index (χ1n) is 7.16. The van der Waals surface area contributed by atoms with Crippen LogP contribution in [0.15, 0.2) is 0 Å². The highest BCUT2D eigenvalue weighted by molar-refractivity contribution is 4.88. The molecule has 0 bridgehead atoms. The van der Waals surface area contributed by atoms with Crippen LogP contribution in [0.5, 0.6) is 0 Å². The van der Waals surface area contributed by atoms with E-state index in [9.17, 15) is 0 Å². The fourth-order valence-corrected chi connectivity index (χ4v) is 3.48. The Labute approximate surface area is 106 Å². The van der Waals surface area contributed by atoms with E-state index in [4.69, 9.17) is 9.47 Å². The first kappa shape index (κ1) is 13.4. The number of ether oxygens (including phenoxy) is 2. The third-order valence-electron chi connectivity index (χ3n) is 4.47. The van der Waals surface area contributed by atoms with Gasteiger partial charge < -0.3 is 9.47 Å². The monoisotopic (exact) mass is 240 g/mol. The van der Waals surface area contributed by atoms with Crippen LogP contribution < -0.4 is 0 Å². The summed E-state index contributed by atoms with van der Waals surface area (Å²) >= 11 is 0. The minimum Gasteiger partial charge on any atom is -0.347 e. The van der Waals surface area contributed by atoms with E-state index in [2.05, 4.69) is 34.6 Å². The maximum absolute atomic E-state index is 6.12. The van der Waals surface area contributed by atoms with Gasteiger partial charge in [0, 0.05) is 12.8 Å².